The molecule has 1 aliphatic carbocycles. The van der Waals surface area contributed by atoms with Gasteiger partial charge in [-0.15, -0.1) is 0 Å². The first kappa shape index (κ1) is 19.9. The van der Waals surface area contributed by atoms with Crippen LogP contribution in [0.5, 0.6) is 0 Å². The van der Waals surface area contributed by atoms with Gasteiger partial charge < -0.3 is 15.1 Å². The standard InChI is InChI=1S/C23H31N3O3/c1-16-5-4-6-19(15-16)21(27)24-20(23(29)25-11-2-3-12-25)17-9-13-26(14-10-17)22(28)18-7-8-18/h4-6,15,17-18,20H,2-3,7-14H2,1H3,(H,24,27). The summed E-state index contributed by atoms with van der Waals surface area (Å²) in [5.41, 5.74) is 1.61. The van der Waals surface area contributed by atoms with E-state index in [2.05, 4.69) is 5.32 Å². The molecular formula is C23H31N3O3. The van der Waals surface area contributed by atoms with Crippen molar-refractivity contribution in [2.45, 2.75) is 51.5 Å². The molecule has 6 heteroatoms. The number of carbonyl (C=O) groups excluding carboxylic acids is 3. The number of nitrogens with zero attached hydrogens (tertiary/aromatic N) is 2. The van der Waals surface area contributed by atoms with Crippen molar-refractivity contribution in [1.82, 2.24) is 15.1 Å². The quantitative estimate of drug-likeness (QED) is 0.829. The summed E-state index contributed by atoms with van der Waals surface area (Å²) in [5.74, 6) is 0.419. The Morgan fingerprint density at radius 2 is 1.66 bits per heavy atom. The molecule has 4 rings (SSSR count). The smallest absolute Gasteiger partial charge is 0.251 e. The summed E-state index contributed by atoms with van der Waals surface area (Å²) in [6, 6.07) is 6.94. The van der Waals surface area contributed by atoms with Crippen LogP contribution in [0.3, 0.4) is 0 Å². The van der Waals surface area contributed by atoms with Crippen molar-refractivity contribution in [2.24, 2.45) is 11.8 Å². The van der Waals surface area contributed by atoms with E-state index in [1.165, 1.54) is 0 Å². The maximum atomic E-state index is 13.2. The number of carbonyl (C=O) groups is 3. The molecule has 2 saturated heterocycles. The van der Waals surface area contributed by atoms with Gasteiger partial charge in [-0.05, 0) is 63.5 Å². The highest BCUT2D eigenvalue weighted by Gasteiger charge is 2.39. The monoisotopic (exact) mass is 397 g/mol. The van der Waals surface area contributed by atoms with Crippen LogP contribution in [0.4, 0.5) is 0 Å². The first-order valence-corrected chi connectivity index (χ1v) is 11.0. The number of likely N-dealkylation sites (tertiary alicyclic amines) is 2. The van der Waals surface area contributed by atoms with Crippen molar-refractivity contribution in [2.75, 3.05) is 26.2 Å². The predicted molar refractivity (Wildman–Crippen MR) is 110 cm³/mol. The molecule has 0 radical (unpaired) electrons. The van der Waals surface area contributed by atoms with Gasteiger partial charge in [0.05, 0.1) is 0 Å². The van der Waals surface area contributed by atoms with Gasteiger partial charge in [0.2, 0.25) is 11.8 Å². The van der Waals surface area contributed by atoms with Crippen LogP contribution in [0.1, 0.15) is 54.4 Å². The van der Waals surface area contributed by atoms with Gasteiger partial charge in [-0.25, -0.2) is 0 Å². The Hall–Kier alpha value is -2.37. The Morgan fingerprint density at radius 1 is 0.966 bits per heavy atom. The van der Waals surface area contributed by atoms with Gasteiger partial charge in [0.25, 0.3) is 5.91 Å². The van der Waals surface area contributed by atoms with E-state index >= 15 is 0 Å². The molecule has 1 saturated carbocycles. The van der Waals surface area contributed by atoms with E-state index in [4.69, 9.17) is 0 Å². The third-order valence-corrected chi connectivity index (χ3v) is 6.50. The molecule has 1 aromatic rings. The summed E-state index contributed by atoms with van der Waals surface area (Å²) in [7, 11) is 0. The predicted octanol–water partition coefficient (Wildman–Crippen LogP) is 2.36. The zero-order chi connectivity index (χ0) is 20.4. The summed E-state index contributed by atoms with van der Waals surface area (Å²) in [4.78, 5) is 42.3. The number of rotatable bonds is 5. The summed E-state index contributed by atoms with van der Waals surface area (Å²) in [5, 5.41) is 3.05. The van der Waals surface area contributed by atoms with Crippen molar-refractivity contribution >= 4 is 17.7 Å². The lowest BCUT2D eigenvalue weighted by molar-refractivity contribution is -0.136. The highest BCUT2D eigenvalue weighted by atomic mass is 16.2. The van der Waals surface area contributed by atoms with E-state index in [1.807, 2.05) is 34.9 Å². The molecular weight excluding hydrogens is 366 g/mol. The van der Waals surface area contributed by atoms with Gasteiger partial charge in [-0.2, -0.15) is 0 Å². The van der Waals surface area contributed by atoms with Crippen molar-refractivity contribution in [3.05, 3.63) is 35.4 Å². The topological polar surface area (TPSA) is 69.7 Å². The second kappa shape index (κ2) is 8.56. The minimum Gasteiger partial charge on any atom is -0.342 e. The number of benzene rings is 1. The molecule has 0 aromatic heterocycles. The molecule has 2 heterocycles. The highest BCUT2D eigenvalue weighted by Crippen LogP contribution is 2.33. The maximum Gasteiger partial charge on any atom is 0.251 e. The molecule has 3 fully saturated rings. The second-order valence-corrected chi connectivity index (χ2v) is 8.79. The first-order chi connectivity index (χ1) is 14.0. The fourth-order valence-corrected chi connectivity index (χ4v) is 4.57. The molecule has 1 N–H and O–H groups in total. The van der Waals surface area contributed by atoms with Crippen molar-refractivity contribution in [3.63, 3.8) is 0 Å². The lowest BCUT2D eigenvalue weighted by Crippen LogP contribution is -2.54. The van der Waals surface area contributed by atoms with Crippen LogP contribution in [0.15, 0.2) is 24.3 Å². The van der Waals surface area contributed by atoms with Gasteiger partial charge >= 0.3 is 0 Å². The lowest BCUT2D eigenvalue weighted by atomic mass is 9.88. The van der Waals surface area contributed by atoms with Crippen molar-refractivity contribution in [3.8, 4) is 0 Å². The molecule has 3 aliphatic rings. The molecule has 0 spiro atoms. The summed E-state index contributed by atoms with van der Waals surface area (Å²) in [6.07, 6.45) is 5.60. The molecule has 1 aromatic carbocycles. The minimum absolute atomic E-state index is 0.0375. The number of hydrogen-bond donors (Lipinski definition) is 1. The Morgan fingerprint density at radius 3 is 2.28 bits per heavy atom. The number of hydrogen-bond acceptors (Lipinski definition) is 3. The van der Waals surface area contributed by atoms with Crippen LogP contribution in [-0.2, 0) is 9.59 Å². The molecule has 3 amide bonds. The fraction of sp³-hybridized carbons (Fsp3) is 0.609. The molecule has 6 nitrogen and oxygen atoms in total. The number of amides is 3. The average molecular weight is 398 g/mol. The molecule has 29 heavy (non-hydrogen) atoms. The Bertz CT molecular complexity index is 775. The van der Waals surface area contributed by atoms with Crippen LogP contribution in [0.25, 0.3) is 0 Å². The molecule has 1 atom stereocenters. The summed E-state index contributed by atoms with van der Waals surface area (Å²) >= 11 is 0. The Kier molecular flexibility index (Phi) is 5.88. The van der Waals surface area contributed by atoms with Crippen LogP contribution in [0, 0.1) is 18.8 Å². The van der Waals surface area contributed by atoms with Crippen molar-refractivity contribution < 1.29 is 14.4 Å². The minimum atomic E-state index is -0.515. The van der Waals surface area contributed by atoms with Crippen LogP contribution >= 0.6 is 0 Å². The zero-order valence-electron chi connectivity index (χ0n) is 17.2. The maximum absolute atomic E-state index is 13.2. The fourth-order valence-electron chi connectivity index (χ4n) is 4.57. The van der Waals surface area contributed by atoms with E-state index in [-0.39, 0.29) is 29.6 Å². The summed E-state index contributed by atoms with van der Waals surface area (Å²) in [6.45, 7) is 4.87. The third kappa shape index (κ3) is 4.62. The average Bonchev–Trinajstić information content (AvgIpc) is 3.44. The molecule has 0 bridgehead atoms. The van der Waals surface area contributed by atoms with Gasteiger partial charge in [-0.3, -0.25) is 14.4 Å². The number of nitrogens with one attached hydrogen (secondary N) is 1. The van der Waals surface area contributed by atoms with E-state index in [0.29, 0.717) is 18.7 Å². The van der Waals surface area contributed by atoms with E-state index in [9.17, 15) is 14.4 Å². The van der Waals surface area contributed by atoms with E-state index in [0.717, 1.165) is 57.2 Å². The van der Waals surface area contributed by atoms with Gasteiger partial charge in [0, 0.05) is 37.7 Å². The lowest BCUT2D eigenvalue weighted by Gasteiger charge is -2.37. The Labute approximate surface area is 172 Å². The van der Waals surface area contributed by atoms with E-state index in [1.54, 1.807) is 6.07 Å². The number of piperidine rings is 1. The third-order valence-electron chi connectivity index (χ3n) is 6.50. The zero-order valence-corrected chi connectivity index (χ0v) is 17.2. The van der Waals surface area contributed by atoms with Crippen LogP contribution in [0.2, 0.25) is 0 Å². The van der Waals surface area contributed by atoms with Crippen LogP contribution in [-0.4, -0.2) is 59.7 Å². The van der Waals surface area contributed by atoms with Crippen LogP contribution < -0.4 is 5.32 Å². The first-order valence-electron chi connectivity index (χ1n) is 11.0. The van der Waals surface area contributed by atoms with Crippen molar-refractivity contribution in [1.29, 1.82) is 0 Å². The Balaban J connectivity index is 1.45. The van der Waals surface area contributed by atoms with E-state index < -0.39 is 6.04 Å². The second-order valence-electron chi connectivity index (χ2n) is 8.79. The highest BCUT2D eigenvalue weighted by molar-refractivity contribution is 5.97. The largest absolute Gasteiger partial charge is 0.342 e. The normalized spacial score (nSPS) is 21.1. The van der Waals surface area contributed by atoms with Gasteiger partial charge in [-0.1, -0.05) is 17.7 Å². The summed E-state index contributed by atoms with van der Waals surface area (Å²) < 4.78 is 0. The molecule has 2 aliphatic heterocycles. The molecule has 156 valence electrons. The SMILES string of the molecule is Cc1cccc(C(=O)NC(C(=O)N2CCCC2)C2CCN(C(=O)C3CC3)CC2)c1. The van der Waals surface area contributed by atoms with Gasteiger partial charge in [0.1, 0.15) is 6.04 Å². The van der Waals surface area contributed by atoms with Gasteiger partial charge in [0.15, 0.2) is 0 Å². The molecule has 1 unspecified atom stereocenters. The number of aryl methyl sites for hydroxylation is 1.